The van der Waals surface area contributed by atoms with Crippen molar-refractivity contribution in [3.05, 3.63) is 75.3 Å². The van der Waals surface area contributed by atoms with Crippen LogP contribution in [0.5, 0.6) is 0 Å². The maximum Gasteiger partial charge on any atom is 0.314 e. The van der Waals surface area contributed by atoms with Gasteiger partial charge in [-0.2, -0.15) is 0 Å². The van der Waals surface area contributed by atoms with E-state index in [9.17, 15) is 24.8 Å². The first-order chi connectivity index (χ1) is 12.9. The second kappa shape index (κ2) is 7.19. The molecule has 1 N–H and O–H groups in total. The second-order valence-electron chi connectivity index (χ2n) is 6.75. The van der Waals surface area contributed by atoms with Gasteiger partial charge in [0.2, 0.25) is 0 Å². The molecule has 0 saturated carbocycles. The highest BCUT2D eigenvalue weighted by molar-refractivity contribution is 5.97. The van der Waals surface area contributed by atoms with E-state index in [0.717, 1.165) is 5.56 Å². The minimum Gasteiger partial charge on any atom is -0.481 e. The number of benzene rings is 2. The minimum atomic E-state index is -1.02. The molecule has 0 aliphatic carbocycles. The number of rotatable bonds is 4. The zero-order chi connectivity index (χ0) is 19.6. The molecular formula is C20H20N2O5. The molecule has 0 unspecified atom stereocenters. The Morgan fingerprint density at radius 1 is 1.07 bits per heavy atom. The van der Waals surface area contributed by atoms with Crippen LogP contribution in [-0.4, -0.2) is 39.9 Å². The third kappa shape index (κ3) is 3.28. The number of piperidine rings is 1. The van der Waals surface area contributed by atoms with Crippen LogP contribution in [0.25, 0.3) is 0 Å². The maximum absolute atomic E-state index is 12.9. The van der Waals surface area contributed by atoms with Gasteiger partial charge in [0.1, 0.15) is 0 Å². The molecule has 3 rings (SSSR count). The first-order valence-electron chi connectivity index (χ1n) is 8.69. The number of carboxylic acids is 1. The molecule has 1 amide bonds. The quantitative estimate of drug-likeness (QED) is 0.660. The molecule has 0 spiro atoms. The fraction of sp³-hybridized carbons (Fsp3) is 0.300. The van der Waals surface area contributed by atoms with Crippen molar-refractivity contribution in [1.82, 2.24) is 4.90 Å². The zero-order valence-corrected chi connectivity index (χ0v) is 14.9. The van der Waals surface area contributed by atoms with E-state index in [4.69, 9.17) is 0 Å². The van der Waals surface area contributed by atoms with Gasteiger partial charge in [-0.25, -0.2) is 0 Å². The molecular weight excluding hydrogens is 348 g/mol. The summed E-state index contributed by atoms with van der Waals surface area (Å²) in [6.07, 6.45) is 0.595. The van der Waals surface area contributed by atoms with Gasteiger partial charge < -0.3 is 10.0 Å². The molecule has 7 heteroatoms. The molecule has 0 radical (unpaired) electrons. The summed E-state index contributed by atoms with van der Waals surface area (Å²) >= 11 is 0. The lowest BCUT2D eigenvalue weighted by Crippen LogP contribution is -2.49. The van der Waals surface area contributed by atoms with Gasteiger partial charge in [0.15, 0.2) is 0 Å². The highest BCUT2D eigenvalue weighted by Gasteiger charge is 2.44. The van der Waals surface area contributed by atoms with E-state index in [1.807, 2.05) is 18.2 Å². The largest absolute Gasteiger partial charge is 0.481 e. The van der Waals surface area contributed by atoms with Gasteiger partial charge in [0.25, 0.3) is 11.6 Å². The monoisotopic (exact) mass is 368 g/mol. The van der Waals surface area contributed by atoms with Gasteiger partial charge >= 0.3 is 5.97 Å². The van der Waals surface area contributed by atoms with Crippen LogP contribution >= 0.6 is 0 Å². The molecule has 0 bridgehead atoms. The molecule has 1 heterocycles. The first kappa shape index (κ1) is 18.6. The number of nitro groups is 1. The summed E-state index contributed by atoms with van der Waals surface area (Å²) in [4.78, 5) is 37.1. The van der Waals surface area contributed by atoms with E-state index < -0.39 is 16.3 Å². The van der Waals surface area contributed by atoms with Crippen molar-refractivity contribution < 1.29 is 19.6 Å². The van der Waals surface area contributed by atoms with Gasteiger partial charge in [-0.3, -0.25) is 19.7 Å². The summed E-state index contributed by atoms with van der Waals surface area (Å²) in [6.45, 7) is 2.12. The van der Waals surface area contributed by atoms with E-state index in [-0.39, 0.29) is 30.2 Å². The summed E-state index contributed by atoms with van der Waals surface area (Å²) in [7, 11) is 0. The summed E-state index contributed by atoms with van der Waals surface area (Å²) in [6, 6.07) is 13.5. The van der Waals surface area contributed by atoms with Crippen LogP contribution < -0.4 is 0 Å². The Hall–Kier alpha value is -3.22. The van der Waals surface area contributed by atoms with Crippen molar-refractivity contribution in [3.8, 4) is 0 Å². The fourth-order valence-corrected chi connectivity index (χ4v) is 3.70. The molecule has 1 aliphatic rings. The average molecular weight is 368 g/mol. The van der Waals surface area contributed by atoms with E-state index >= 15 is 0 Å². The fourth-order valence-electron chi connectivity index (χ4n) is 3.70. The molecule has 1 aliphatic heterocycles. The van der Waals surface area contributed by atoms with Crippen LogP contribution in [0.4, 0.5) is 5.69 Å². The van der Waals surface area contributed by atoms with E-state index in [1.54, 1.807) is 30.0 Å². The van der Waals surface area contributed by atoms with Crippen LogP contribution in [-0.2, 0) is 10.2 Å². The Kier molecular flexibility index (Phi) is 4.94. The lowest BCUT2D eigenvalue weighted by molar-refractivity contribution is -0.385. The van der Waals surface area contributed by atoms with Crippen molar-refractivity contribution in [2.45, 2.75) is 25.2 Å². The Bertz CT molecular complexity index is 887. The van der Waals surface area contributed by atoms with Gasteiger partial charge in [0, 0.05) is 30.3 Å². The Labute approximate surface area is 156 Å². The van der Waals surface area contributed by atoms with Crippen molar-refractivity contribution in [1.29, 1.82) is 0 Å². The number of aliphatic carboxylic acids is 1. The smallest absolute Gasteiger partial charge is 0.314 e. The molecule has 2 aromatic carbocycles. The third-order valence-corrected chi connectivity index (χ3v) is 5.37. The summed E-state index contributed by atoms with van der Waals surface area (Å²) in [5.41, 5.74) is 0.228. The number of carbonyl (C=O) groups excluding carboxylic acids is 1. The maximum atomic E-state index is 12.9. The number of likely N-dealkylation sites (tertiary alicyclic amines) is 1. The van der Waals surface area contributed by atoms with E-state index in [2.05, 4.69) is 0 Å². The SMILES string of the molecule is Cc1c(C(=O)N2CCC(C(=O)O)(c3ccccc3)CC2)cccc1[N+](=O)[O-]. The normalized spacial score (nSPS) is 16.0. The van der Waals surface area contributed by atoms with Crippen molar-refractivity contribution in [3.63, 3.8) is 0 Å². The van der Waals surface area contributed by atoms with Crippen LogP contribution in [0.3, 0.4) is 0 Å². The molecule has 140 valence electrons. The van der Waals surface area contributed by atoms with Crippen LogP contribution in [0.1, 0.15) is 34.3 Å². The number of nitro benzene ring substituents is 1. The molecule has 1 saturated heterocycles. The molecule has 27 heavy (non-hydrogen) atoms. The predicted molar refractivity (Wildman–Crippen MR) is 98.7 cm³/mol. The van der Waals surface area contributed by atoms with Gasteiger partial charge in [-0.15, -0.1) is 0 Å². The van der Waals surface area contributed by atoms with Crippen molar-refractivity contribution in [2.24, 2.45) is 0 Å². The summed E-state index contributed by atoms with van der Waals surface area (Å²) < 4.78 is 0. The molecule has 2 aromatic rings. The molecule has 0 atom stereocenters. The van der Waals surface area contributed by atoms with Gasteiger partial charge in [-0.05, 0) is 31.4 Å². The highest BCUT2D eigenvalue weighted by Crippen LogP contribution is 2.36. The Morgan fingerprint density at radius 3 is 2.26 bits per heavy atom. The molecule has 0 aromatic heterocycles. The number of carboxylic acid groups (broad SMARTS) is 1. The number of carbonyl (C=O) groups is 2. The highest BCUT2D eigenvalue weighted by atomic mass is 16.6. The van der Waals surface area contributed by atoms with Crippen LogP contribution in [0.15, 0.2) is 48.5 Å². The zero-order valence-electron chi connectivity index (χ0n) is 14.9. The van der Waals surface area contributed by atoms with Crippen molar-refractivity contribution in [2.75, 3.05) is 13.1 Å². The van der Waals surface area contributed by atoms with Gasteiger partial charge in [-0.1, -0.05) is 36.4 Å². The van der Waals surface area contributed by atoms with Crippen LogP contribution in [0.2, 0.25) is 0 Å². The predicted octanol–water partition coefficient (Wildman–Crippen LogP) is 3.16. The van der Waals surface area contributed by atoms with E-state index in [0.29, 0.717) is 18.4 Å². The topological polar surface area (TPSA) is 101 Å². The lowest BCUT2D eigenvalue weighted by Gasteiger charge is -2.39. The number of nitrogens with zero attached hydrogens (tertiary/aromatic N) is 2. The standard InChI is InChI=1S/C20H20N2O5/c1-14-16(8-5-9-17(14)22(26)27)18(23)21-12-10-20(11-13-21,19(24)25)15-6-3-2-4-7-15/h2-9H,10-13H2,1H3,(H,24,25). The first-order valence-corrected chi connectivity index (χ1v) is 8.69. The third-order valence-electron chi connectivity index (χ3n) is 5.37. The van der Waals surface area contributed by atoms with Crippen molar-refractivity contribution >= 4 is 17.6 Å². The number of hydrogen-bond acceptors (Lipinski definition) is 4. The van der Waals surface area contributed by atoms with Gasteiger partial charge in [0.05, 0.1) is 10.3 Å². The van der Waals surface area contributed by atoms with Crippen LogP contribution in [0, 0.1) is 17.0 Å². The summed E-state index contributed by atoms with van der Waals surface area (Å²) in [5.74, 6) is -1.20. The molecule has 7 nitrogen and oxygen atoms in total. The minimum absolute atomic E-state index is 0.0953. The number of amides is 1. The number of hydrogen-bond donors (Lipinski definition) is 1. The Balaban J connectivity index is 1.83. The Morgan fingerprint density at radius 2 is 1.70 bits per heavy atom. The average Bonchev–Trinajstić information content (AvgIpc) is 2.68. The van der Waals surface area contributed by atoms with E-state index in [1.165, 1.54) is 12.1 Å². The molecule has 1 fully saturated rings. The second-order valence-corrected chi connectivity index (χ2v) is 6.75. The lowest BCUT2D eigenvalue weighted by atomic mass is 9.72. The summed E-state index contributed by atoms with van der Waals surface area (Å²) in [5, 5.41) is 21.0.